The summed E-state index contributed by atoms with van der Waals surface area (Å²) < 4.78 is 0. The topological polar surface area (TPSA) is 45.2 Å². The predicted molar refractivity (Wildman–Crippen MR) is 75.9 cm³/mol. The van der Waals surface area contributed by atoms with Gasteiger partial charge in [0.2, 0.25) is 0 Å². The largest absolute Gasteiger partial charge is 0.389 e. The number of rotatable bonds is 4. The third-order valence-corrected chi connectivity index (χ3v) is 4.68. The number of aliphatic hydroxyl groups is 1. The highest BCUT2D eigenvalue weighted by atomic mass is 32.1. The first-order valence-corrected chi connectivity index (χ1v) is 7.74. The minimum atomic E-state index is -0.517. The summed E-state index contributed by atoms with van der Waals surface area (Å²) in [6.07, 6.45) is 4.24. The molecule has 1 aliphatic rings. The Hall–Kier alpha value is -0.450. The van der Waals surface area contributed by atoms with Gasteiger partial charge in [0.1, 0.15) is 0 Å². The molecule has 1 fully saturated rings. The summed E-state index contributed by atoms with van der Waals surface area (Å²) in [7, 11) is 0. The van der Waals surface area contributed by atoms with E-state index in [-0.39, 0.29) is 6.04 Å². The molecule has 4 heteroatoms. The van der Waals surface area contributed by atoms with E-state index in [1.165, 1.54) is 6.42 Å². The van der Waals surface area contributed by atoms with Crippen molar-refractivity contribution in [3.63, 3.8) is 0 Å². The van der Waals surface area contributed by atoms with Crippen molar-refractivity contribution < 1.29 is 5.11 Å². The van der Waals surface area contributed by atoms with Gasteiger partial charge >= 0.3 is 0 Å². The van der Waals surface area contributed by atoms with E-state index in [0.29, 0.717) is 12.5 Å². The number of aryl methyl sites for hydroxylation is 1. The van der Waals surface area contributed by atoms with Gasteiger partial charge in [0.05, 0.1) is 16.3 Å². The fourth-order valence-electron chi connectivity index (χ4n) is 2.82. The predicted octanol–water partition coefficient (Wildman–Crippen LogP) is 3.04. The summed E-state index contributed by atoms with van der Waals surface area (Å²) in [5.74, 6) is 0.641. The Kier molecular flexibility index (Phi) is 4.41. The monoisotopic (exact) mass is 268 g/mol. The van der Waals surface area contributed by atoms with E-state index in [1.54, 1.807) is 11.3 Å². The Bertz CT molecular complexity index is 393. The zero-order valence-corrected chi connectivity index (χ0v) is 12.4. The van der Waals surface area contributed by atoms with Gasteiger partial charge in [0.15, 0.2) is 0 Å². The van der Waals surface area contributed by atoms with Crippen LogP contribution in [0.25, 0.3) is 0 Å². The van der Waals surface area contributed by atoms with E-state index in [1.807, 2.05) is 6.92 Å². The second-order valence-corrected chi connectivity index (χ2v) is 6.88. The maximum Gasteiger partial charge on any atom is 0.0898 e. The van der Waals surface area contributed by atoms with Gasteiger partial charge in [-0.05, 0) is 32.6 Å². The quantitative estimate of drug-likeness (QED) is 0.882. The van der Waals surface area contributed by atoms with E-state index in [4.69, 9.17) is 0 Å². The summed E-state index contributed by atoms with van der Waals surface area (Å²) in [5.41, 5.74) is 0.571. The van der Waals surface area contributed by atoms with E-state index < -0.39 is 5.60 Å². The molecule has 18 heavy (non-hydrogen) atoms. The zero-order valence-electron chi connectivity index (χ0n) is 11.6. The molecular weight excluding hydrogens is 244 g/mol. The van der Waals surface area contributed by atoms with E-state index in [9.17, 15) is 5.11 Å². The van der Waals surface area contributed by atoms with Crippen LogP contribution in [-0.4, -0.2) is 22.2 Å². The fourth-order valence-corrected chi connectivity index (χ4v) is 3.53. The Morgan fingerprint density at radius 1 is 1.67 bits per heavy atom. The molecule has 102 valence electrons. The number of hydrogen-bond acceptors (Lipinski definition) is 4. The third-order valence-electron chi connectivity index (χ3n) is 3.89. The summed E-state index contributed by atoms with van der Waals surface area (Å²) in [5, 5.41) is 17.2. The van der Waals surface area contributed by atoms with Gasteiger partial charge in [-0.2, -0.15) is 0 Å². The van der Waals surface area contributed by atoms with Crippen LogP contribution in [0, 0.1) is 12.8 Å². The van der Waals surface area contributed by atoms with E-state index in [2.05, 4.69) is 29.5 Å². The highest BCUT2D eigenvalue weighted by Crippen LogP contribution is 2.32. The van der Waals surface area contributed by atoms with E-state index >= 15 is 0 Å². The molecule has 0 amide bonds. The number of nitrogens with one attached hydrogen (secondary N) is 1. The lowest BCUT2D eigenvalue weighted by Crippen LogP contribution is -2.44. The second kappa shape index (κ2) is 5.68. The molecule has 2 rings (SSSR count). The first-order valence-electron chi connectivity index (χ1n) is 6.86. The lowest BCUT2D eigenvalue weighted by molar-refractivity contribution is -0.0134. The minimum Gasteiger partial charge on any atom is -0.389 e. The summed E-state index contributed by atoms with van der Waals surface area (Å²) >= 11 is 1.68. The van der Waals surface area contributed by atoms with Crippen LogP contribution >= 0.6 is 11.3 Å². The SMILES string of the molecule is Cc1nc(C(C)NCC2(O)CCCC(C)C2)cs1. The van der Waals surface area contributed by atoms with Crippen molar-refractivity contribution in [2.45, 2.75) is 58.1 Å². The van der Waals surface area contributed by atoms with Gasteiger partial charge in [0.25, 0.3) is 0 Å². The van der Waals surface area contributed by atoms with Crippen LogP contribution in [0.5, 0.6) is 0 Å². The molecule has 1 heterocycles. The zero-order chi connectivity index (χ0) is 13.2. The minimum absolute atomic E-state index is 0.219. The van der Waals surface area contributed by atoms with Gasteiger partial charge in [-0.3, -0.25) is 0 Å². The normalized spacial score (nSPS) is 30.3. The lowest BCUT2D eigenvalue weighted by atomic mass is 9.79. The molecule has 3 unspecified atom stereocenters. The number of hydrogen-bond donors (Lipinski definition) is 2. The molecule has 0 aromatic carbocycles. The maximum absolute atomic E-state index is 10.6. The molecule has 1 aromatic rings. The Morgan fingerprint density at radius 3 is 3.06 bits per heavy atom. The summed E-state index contributed by atoms with van der Waals surface area (Å²) in [6.45, 7) is 7.05. The van der Waals surface area contributed by atoms with Gasteiger partial charge in [0, 0.05) is 18.0 Å². The first-order chi connectivity index (χ1) is 8.48. The van der Waals surface area contributed by atoms with E-state index in [0.717, 1.165) is 30.0 Å². The molecule has 3 nitrogen and oxygen atoms in total. The summed E-state index contributed by atoms with van der Waals surface area (Å²) in [4.78, 5) is 4.49. The van der Waals surface area contributed by atoms with Crippen LogP contribution in [-0.2, 0) is 0 Å². The van der Waals surface area contributed by atoms with Crippen LogP contribution < -0.4 is 5.32 Å². The molecule has 0 saturated heterocycles. The molecule has 3 atom stereocenters. The van der Waals surface area contributed by atoms with Crippen molar-refractivity contribution in [3.8, 4) is 0 Å². The average molecular weight is 268 g/mol. The molecule has 0 spiro atoms. The molecule has 0 radical (unpaired) electrons. The van der Waals surface area contributed by atoms with Gasteiger partial charge in [-0.15, -0.1) is 11.3 Å². The highest BCUT2D eigenvalue weighted by molar-refractivity contribution is 7.09. The fraction of sp³-hybridized carbons (Fsp3) is 0.786. The van der Waals surface area contributed by atoms with Crippen molar-refractivity contribution in [1.29, 1.82) is 0 Å². The van der Waals surface area contributed by atoms with Gasteiger partial charge < -0.3 is 10.4 Å². The third kappa shape index (κ3) is 3.53. The summed E-state index contributed by atoms with van der Waals surface area (Å²) in [6, 6.07) is 0.219. The number of nitrogens with zero attached hydrogens (tertiary/aromatic N) is 1. The van der Waals surface area contributed by atoms with Crippen LogP contribution in [0.15, 0.2) is 5.38 Å². The van der Waals surface area contributed by atoms with Crippen molar-refractivity contribution in [2.75, 3.05) is 6.54 Å². The second-order valence-electron chi connectivity index (χ2n) is 5.82. The first kappa shape index (κ1) is 14.0. The van der Waals surface area contributed by atoms with Crippen LogP contribution in [0.3, 0.4) is 0 Å². The average Bonchev–Trinajstić information content (AvgIpc) is 2.73. The van der Waals surface area contributed by atoms with Crippen LogP contribution in [0.4, 0.5) is 0 Å². The molecule has 2 N–H and O–H groups in total. The standard InChI is InChI=1S/C14H24N2OS/c1-10-5-4-6-14(17,7-10)9-15-11(2)13-8-18-12(3)16-13/h8,10-11,15,17H,4-7,9H2,1-3H3. The van der Waals surface area contributed by atoms with Crippen molar-refractivity contribution in [1.82, 2.24) is 10.3 Å². The Labute approximate surface area is 114 Å². The van der Waals surface area contributed by atoms with Crippen molar-refractivity contribution in [3.05, 3.63) is 16.1 Å². The highest BCUT2D eigenvalue weighted by Gasteiger charge is 2.32. The molecule has 0 bridgehead atoms. The number of thiazole rings is 1. The lowest BCUT2D eigenvalue weighted by Gasteiger charge is -2.36. The molecule has 1 aliphatic carbocycles. The van der Waals surface area contributed by atoms with Gasteiger partial charge in [-0.25, -0.2) is 4.98 Å². The van der Waals surface area contributed by atoms with Crippen LogP contribution in [0.2, 0.25) is 0 Å². The van der Waals surface area contributed by atoms with Crippen LogP contribution in [0.1, 0.15) is 56.3 Å². The molecular formula is C14H24N2OS. The molecule has 1 aromatic heterocycles. The van der Waals surface area contributed by atoms with Crippen molar-refractivity contribution >= 4 is 11.3 Å². The molecule has 1 saturated carbocycles. The maximum atomic E-state index is 10.6. The molecule has 0 aliphatic heterocycles. The Morgan fingerprint density at radius 2 is 2.44 bits per heavy atom. The Balaban J connectivity index is 1.87. The smallest absolute Gasteiger partial charge is 0.0898 e. The number of aromatic nitrogens is 1. The van der Waals surface area contributed by atoms with Gasteiger partial charge in [-0.1, -0.05) is 19.8 Å². The van der Waals surface area contributed by atoms with Crippen molar-refractivity contribution in [2.24, 2.45) is 5.92 Å².